The van der Waals surface area contributed by atoms with E-state index >= 15 is 0 Å². The van der Waals surface area contributed by atoms with E-state index in [1.807, 2.05) is 13.0 Å². The number of halogens is 2. The van der Waals surface area contributed by atoms with Crippen molar-refractivity contribution in [2.75, 3.05) is 13.7 Å². The molecule has 8 heteroatoms. The summed E-state index contributed by atoms with van der Waals surface area (Å²) in [7, 11) is 1.79. The molecule has 1 aromatic rings. The zero-order valence-electron chi connectivity index (χ0n) is 20.3. The molecule has 0 unspecified atom stereocenters. The molecule has 1 aliphatic rings. The molecule has 0 fully saturated rings. The minimum Gasteiger partial charge on any atom is -0.485 e. The van der Waals surface area contributed by atoms with E-state index in [9.17, 15) is 18.8 Å². The Morgan fingerprint density at radius 2 is 2.14 bits per heavy atom. The molecule has 0 atom stereocenters. The van der Waals surface area contributed by atoms with Crippen molar-refractivity contribution in [2.24, 2.45) is 4.99 Å². The van der Waals surface area contributed by atoms with Crippen LogP contribution in [0.3, 0.4) is 0 Å². The van der Waals surface area contributed by atoms with Gasteiger partial charge in [-0.3, -0.25) is 9.79 Å². The van der Waals surface area contributed by atoms with E-state index in [1.54, 1.807) is 62.6 Å². The number of ether oxygens (including phenoxy) is 1. The Morgan fingerprint density at radius 1 is 1.37 bits per heavy atom. The molecule has 0 spiro atoms. The molecule has 0 aliphatic carbocycles. The molecule has 35 heavy (non-hydrogen) atoms. The number of rotatable bonds is 10. The highest BCUT2D eigenvalue weighted by Crippen LogP contribution is 2.36. The quantitative estimate of drug-likeness (QED) is 0.136. The number of nitrogens with zero attached hydrogens (tertiary/aromatic N) is 4. The van der Waals surface area contributed by atoms with Crippen LogP contribution in [-0.2, 0) is 4.79 Å². The Kier molecular flexibility index (Phi) is 10.5. The Balaban J connectivity index is 2.75. The monoisotopic (exact) mass is 478 g/mol. The minimum atomic E-state index is -0.678. The van der Waals surface area contributed by atoms with E-state index in [0.717, 1.165) is 6.20 Å². The molecule has 2 rings (SSSR count). The maximum Gasteiger partial charge on any atom is 0.150 e. The van der Waals surface area contributed by atoms with Gasteiger partial charge in [-0.2, -0.15) is 5.26 Å². The van der Waals surface area contributed by atoms with Crippen LogP contribution in [0.2, 0.25) is 0 Å². The van der Waals surface area contributed by atoms with E-state index in [0.29, 0.717) is 29.7 Å². The highest BCUT2D eigenvalue weighted by molar-refractivity contribution is 5.90. The van der Waals surface area contributed by atoms with Crippen LogP contribution in [-0.4, -0.2) is 36.0 Å². The Labute approximate surface area is 204 Å². The fourth-order valence-electron chi connectivity index (χ4n) is 3.41. The predicted octanol–water partition coefficient (Wildman–Crippen LogP) is 5.99. The molecule has 0 aromatic carbocycles. The number of aromatic nitrogens is 1. The van der Waals surface area contributed by atoms with Gasteiger partial charge in [0.15, 0.2) is 0 Å². The van der Waals surface area contributed by atoms with E-state index in [2.05, 4.69) is 9.98 Å². The number of pyridine rings is 1. The van der Waals surface area contributed by atoms with Gasteiger partial charge >= 0.3 is 0 Å². The molecule has 0 N–H and O–H groups in total. The second-order valence-corrected chi connectivity index (χ2v) is 7.35. The largest absolute Gasteiger partial charge is 0.485 e. The molecule has 182 valence electrons. The molecule has 1 aliphatic heterocycles. The lowest BCUT2D eigenvalue weighted by Gasteiger charge is -2.27. The minimum absolute atomic E-state index is 0.0775. The lowest BCUT2D eigenvalue weighted by molar-refractivity contribution is -0.104. The molecule has 0 saturated heterocycles. The van der Waals surface area contributed by atoms with Gasteiger partial charge < -0.3 is 9.64 Å². The van der Waals surface area contributed by atoms with Gasteiger partial charge in [0.05, 0.1) is 17.5 Å². The summed E-state index contributed by atoms with van der Waals surface area (Å²) in [4.78, 5) is 22.1. The Morgan fingerprint density at radius 3 is 2.77 bits per heavy atom. The van der Waals surface area contributed by atoms with Crippen molar-refractivity contribution in [3.8, 4) is 11.8 Å². The third-order valence-electron chi connectivity index (χ3n) is 5.08. The van der Waals surface area contributed by atoms with Crippen LogP contribution >= 0.6 is 0 Å². The van der Waals surface area contributed by atoms with E-state index in [4.69, 9.17) is 4.74 Å². The lowest BCUT2D eigenvalue weighted by Crippen LogP contribution is -2.23. The van der Waals surface area contributed by atoms with Gasteiger partial charge in [-0.15, -0.1) is 0 Å². The molecule has 0 bridgehead atoms. The zero-order valence-corrected chi connectivity index (χ0v) is 20.3. The van der Waals surface area contributed by atoms with Gasteiger partial charge in [0.2, 0.25) is 0 Å². The van der Waals surface area contributed by atoms with E-state index in [-0.39, 0.29) is 35.5 Å². The fourth-order valence-corrected chi connectivity index (χ4v) is 3.41. The maximum atomic E-state index is 14.6. The molecule has 1 aromatic heterocycles. The van der Waals surface area contributed by atoms with Gasteiger partial charge in [-0.25, -0.2) is 13.8 Å². The normalized spacial score (nSPS) is 15.3. The van der Waals surface area contributed by atoms with Crippen molar-refractivity contribution in [3.63, 3.8) is 0 Å². The summed E-state index contributed by atoms with van der Waals surface area (Å²) in [6.45, 7) is 5.38. The second kappa shape index (κ2) is 13.6. The number of hydrogen-bond acceptors (Lipinski definition) is 6. The average molecular weight is 479 g/mol. The third-order valence-corrected chi connectivity index (χ3v) is 5.08. The molecule has 0 amide bonds. The number of allylic oxidation sites excluding steroid dienone is 9. The standard InChI is InChI=1S/C27H28F2N4O2/c1-5-10-24(29)23(15-30)21(6-2)19(17-34)13-22-25(33(4)12-9-8-11-31-7-3)18-35-26-14-20(28)16-32-27(22)26/h7-14,16-17H,5-6,18H2,1-4H3/b11-8-,12-9+,19-13+,23-21+,24-10+,31-7-. The summed E-state index contributed by atoms with van der Waals surface area (Å²) in [6, 6.07) is 3.10. The number of likely N-dealkylation sites (N-methyl/N-ethyl adjacent to an activating group) is 1. The summed E-state index contributed by atoms with van der Waals surface area (Å²) in [5.41, 5.74) is 1.67. The summed E-state index contributed by atoms with van der Waals surface area (Å²) < 4.78 is 34.1. The van der Waals surface area contributed by atoms with E-state index < -0.39 is 11.6 Å². The zero-order chi connectivity index (χ0) is 25.8. The van der Waals surface area contributed by atoms with Crippen molar-refractivity contribution in [2.45, 2.75) is 33.6 Å². The topological polar surface area (TPSA) is 78.6 Å². The van der Waals surface area contributed by atoms with Crippen molar-refractivity contribution in [3.05, 3.63) is 88.7 Å². The first-order valence-corrected chi connectivity index (χ1v) is 11.1. The number of hydrogen-bond donors (Lipinski definition) is 0. The molecular formula is C27H28F2N4O2. The van der Waals surface area contributed by atoms with Crippen LogP contribution in [0.25, 0.3) is 5.57 Å². The van der Waals surface area contributed by atoms with Crippen LogP contribution in [0, 0.1) is 17.1 Å². The molecule has 2 heterocycles. The first-order chi connectivity index (χ1) is 16.9. The highest BCUT2D eigenvalue weighted by Gasteiger charge is 2.24. The maximum absolute atomic E-state index is 14.6. The van der Waals surface area contributed by atoms with Gasteiger partial charge in [0.1, 0.15) is 42.0 Å². The molecule has 0 radical (unpaired) electrons. The van der Waals surface area contributed by atoms with E-state index in [1.165, 1.54) is 12.1 Å². The molecular weight excluding hydrogens is 450 g/mol. The van der Waals surface area contributed by atoms with Crippen LogP contribution in [0.5, 0.6) is 5.75 Å². The first kappa shape index (κ1) is 27.1. The first-order valence-electron chi connectivity index (χ1n) is 11.1. The highest BCUT2D eigenvalue weighted by atomic mass is 19.1. The van der Waals surface area contributed by atoms with Crippen molar-refractivity contribution >= 4 is 18.1 Å². The number of fused-ring (bicyclic) bond motifs is 1. The summed E-state index contributed by atoms with van der Waals surface area (Å²) >= 11 is 0. The predicted molar refractivity (Wildman–Crippen MR) is 133 cm³/mol. The van der Waals surface area contributed by atoms with Crippen molar-refractivity contribution in [1.29, 1.82) is 5.26 Å². The van der Waals surface area contributed by atoms with Gasteiger partial charge in [0.25, 0.3) is 0 Å². The van der Waals surface area contributed by atoms with Crippen LogP contribution in [0.1, 0.15) is 39.3 Å². The molecule has 6 nitrogen and oxygen atoms in total. The van der Waals surface area contributed by atoms with Crippen LogP contribution in [0.4, 0.5) is 8.78 Å². The lowest BCUT2D eigenvalue weighted by atomic mass is 9.94. The Bertz CT molecular complexity index is 1200. The fraction of sp³-hybridized carbons (Fsp3) is 0.259. The smallest absolute Gasteiger partial charge is 0.150 e. The van der Waals surface area contributed by atoms with Crippen LogP contribution < -0.4 is 4.74 Å². The number of carbonyl (C=O) groups is 1. The van der Waals surface area contributed by atoms with Crippen molar-refractivity contribution < 1.29 is 18.3 Å². The van der Waals surface area contributed by atoms with Gasteiger partial charge in [-0.05, 0) is 49.6 Å². The average Bonchev–Trinajstić information content (AvgIpc) is 2.85. The number of aldehydes is 1. The number of nitriles is 1. The summed E-state index contributed by atoms with van der Waals surface area (Å²) in [6.07, 6.45) is 13.7. The van der Waals surface area contributed by atoms with Gasteiger partial charge in [-0.1, -0.05) is 13.8 Å². The summed E-state index contributed by atoms with van der Waals surface area (Å²) in [5.74, 6) is -1.02. The number of carbonyl (C=O) groups excluding carboxylic acids is 1. The Hall–Kier alpha value is -4.12. The molecule has 0 saturated carbocycles. The second-order valence-electron chi connectivity index (χ2n) is 7.35. The summed E-state index contributed by atoms with van der Waals surface area (Å²) in [5, 5.41) is 9.61. The van der Waals surface area contributed by atoms with Gasteiger partial charge in [0, 0.05) is 42.9 Å². The van der Waals surface area contributed by atoms with Crippen molar-refractivity contribution in [1.82, 2.24) is 9.88 Å². The third kappa shape index (κ3) is 6.93. The number of aliphatic imine (C=N–C) groups is 1. The SMILES string of the molecule is C\C=N/C=C\C=C\N(C)C1=C(/C=C(C=O)/C(CC)=C(C#N)/C(F)=C\CC)c2ncc(F)cc2OC1. The van der Waals surface area contributed by atoms with Crippen LogP contribution in [0.15, 0.2) is 82.2 Å².